The molecule has 0 bridgehead atoms. The van der Waals surface area contributed by atoms with Gasteiger partial charge in [0.25, 0.3) is 0 Å². The number of likely N-dealkylation sites (tertiary alicyclic amines) is 1. The number of aryl methyl sites for hydroxylation is 1. The topological polar surface area (TPSA) is 86.8 Å². The van der Waals surface area contributed by atoms with Gasteiger partial charge >= 0.3 is 0 Å². The fraction of sp³-hybridized carbons (Fsp3) is 0.636. The Morgan fingerprint density at radius 3 is 2.79 bits per heavy atom. The van der Waals surface area contributed by atoms with Crippen molar-refractivity contribution in [1.82, 2.24) is 25.1 Å². The SMILES string of the molecule is Cc1cc(Nc2ccnc(C[C@@H]3CCCN(C(=O)C4CCCCC4)CC3)n2)n[nH]1. The maximum absolute atomic E-state index is 12.9. The lowest BCUT2D eigenvalue weighted by Gasteiger charge is -2.28. The number of hydrogen-bond donors (Lipinski definition) is 2. The fourth-order valence-electron chi connectivity index (χ4n) is 4.64. The monoisotopic (exact) mass is 396 g/mol. The van der Waals surface area contributed by atoms with Crippen molar-refractivity contribution in [2.24, 2.45) is 11.8 Å². The van der Waals surface area contributed by atoms with E-state index in [2.05, 4.69) is 30.4 Å². The largest absolute Gasteiger partial charge is 0.342 e. The molecule has 7 heteroatoms. The van der Waals surface area contributed by atoms with Gasteiger partial charge in [-0.15, -0.1) is 0 Å². The number of carbonyl (C=O) groups excluding carboxylic acids is 1. The van der Waals surface area contributed by atoms with Gasteiger partial charge in [-0.3, -0.25) is 9.89 Å². The van der Waals surface area contributed by atoms with Crippen molar-refractivity contribution in [1.29, 1.82) is 0 Å². The van der Waals surface area contributed by atoms with Crippen molar-refractivity contribution in [2.45, 2.75) is 64.7 Å². The molecule has 29 heavy (non-hydrogen) atoms. The summed E-state index contributed by atoms with van der Waals surface area (Å²) in [7, 11) is 0. The summed E-state index contributed by atoms with van der Waals surface area (Å²) in [6, 6.07) is 3.82. The van der Waals surface area contributed by atoms with E-state index in [1.54, 1.807) is 6.20 Å². The quantitative estimate of drug-likeness (QED) is 0.798. The molecule has 1 aliphatic carbocycles. The third kappa shape index (κ3) is 5.34. The number of nitrogens with zero attached hydrogens (tertiary/aromatic N) is 4. The van der Waals surface area contributed by atoms with E-state index in [1.807, 2.05) is 19.1 Å². The number of anilines is 2. The van der Waals surface area contributed by atoms with Crippen molar-refractivity contribution in [3.05, 3.63) is 29.8 Å². The van der Waals surface area contributed by atoms with Gasteiger partial charge in [0.2, 0.25) is 5.91 Å². The summed E-state index contributed by atoms with van der Waals surface area (Å²) in [5.74, 6) is 3.60. The second-order valence-electron chi connectivity index (χ2n) is 8.58. The maximum atomic E-state index is 12.9. The van der Waals surface area contributed by atoms with E-state index in [4.69, 9.17) is 0 Å². The molecule has 1 saturated heterocycles. The lowest BCUT2D eigenvalue weighted by Crippen LogP contribution is -2.37. The van der Waals surface area contributed by atoms with E-state index in [0.717, 1.165) is 74.8 Å². The third-order valence-electron chi connectivity index (χ3n) is 6.25. The van der Waals surface area contributed by atoms with Gasteiger partial charge in [0, 0.05) is 43.4 Å². The standard InChI is InChI=1S/C22H32N6O/c1-16-14-21(27-26-16)25-19-9-11-23-20(24-19)15-17-6-5-12-28(13-10-17)22(29)18-7-3-2-4-8-18/h9,11,14,17-18H,2-8,10,12-13,15H2,1H3,(H2,23,24,25,26,27)/t17-/m1/s1. The molecular weight excluding hydrogens is 364 g/mol. The summed E-state index contributed by atoms with van der Waals surface area (Å²) < 4.78 is 0. The average molecular weight is 397 g/mol. The van der Waals surface area contributed by atoms with E-state index in [1.165, 1.54) is 19.3 Å². The van der Waals surface area contributed by atoms with Crippen molar-refractivity contribution in [2.75, 3.05) is 18.4 Å². The molecule has 0 unspecified atom stereocenters. The molecule has 3 heterocycles. The zero-order valence-electron chi connectivity index (χ0n) is 17.4. The first-order valence-electron chi connectivity index (χ1n) is 11.1. The van der Waals surface area contributed by atoms with Crippen LogP contribution >= 0.6 is 0 Å². The molecule has 1 saturated carbocycles. The highest BCUT2D eigenvalue weighted by atomic mass is 16.2. The summed E-state index contributed by atoms with van der Waals surface area (Å²) >= 11 is 0. The lowest BCUT2D eigenvalue weighted by atomic mass is 9.88. The Labute approximate surface area is 172 Å². The van der Waals surface area contributed by atoms with Crippen LogP contribution in [0.5, 0.6) is 0 Å². The molecule has 0 aromatic carbocycles. The fourth-order valence-corrected chi connectivity index (χ4v) is 4.64. The number of carbonyl (C=O) groups is 1. The van der Waals surface area contributed by atoms with Crippen LogP contribution in [-0.2, 0) is 11.2 Å². The number of nitrogens with one attached hydrogen (secondary N) is 2. The Kier molecular flexibility index (Phi) is 6.42. The Morgan fingerprint density at radius 1 is 1.14 bits per heavy atom. The van der Waals surface area contributed by atoms with Crippen LogP contribution in [0.1, 0.15) is 62.9 Å². The van der Waals surface area contributed by atoms with Crippen LogP contribution in [0.15, 0.2) is 18.3 Å². The summed E-state index contributed by atoms with van der Waals surface area (Å²) in [4.78, 5) is 24.2. The van der Waals surface area contributed by atoms with Crippen LogP contribution in [0, 0.1) is 18.8 Å². The number of aromatic amines is 1. The smallest absolute Gasteiger partial charge is 0.225 e. The van der Waals surface area contributed by atoms with Crippen LogP contribution < -0.4 is 5.32 Å². The van der Waals surface area contributed by atoms with E-state index >= 15 is 0 Å². The van der Waals surface area contributed by atoms with Crippen molar-refractivity contribution in [3.8, 4) is 0 Å². The van der Waals surface area contributed by atoms with Gasteiger partial charge in [0.15, 0.2) is 5.82 Å². The first-order chi connectivity index (χ1) is 14.2. The number of hydrogen-bond acceptors (Lipinski definition) is 5. The molecule has 2 aromatic heterocycles. The maximum Gasteiger partial charge on any atom is 0.225 e. The normalized spacial score (nSPS) is 21.0. The molecule has 2 fully saturated rings. The van der Waals surface area contributed by atoms with E-state index in [0.29, 0.717) is 11.8 Å². The van der Waals surface area contributed by atoms with Gasteiger partial charge in [-0.25, -0.2) is 9.97 Å². The van der Waals surface area contributed by atoms with Crippen LogP contribution in [0.2, 0.25) is 0 Å². The zero-order valence-corrected chi connectivity index (χ0v) is 17.4. The van der Waals surface area contributed by atoms with E-state index < -0.39 is 0 Å². The van der Waals surface area contributed by atoms with Crippen molar-refractivity contribution in [3.63, 3.8) is 0 Å². The number of aromatic nitrogens is 4. The Balaban J connectivity index is 1.32. The summed E-state index contributed by atoms with van der Waals surface area (Å²) in [6.45, 7) is 3.76. The molecule has 2 aromatic rings. The first kappa shape index (κ1) is 19.9. The van der Waals surface area contributed by atoms with Crippen LogP contribution in [0.25, 0.3) is 0 Å². The van der Waals surface area contributed by atoms with Crippen LogP contribution in [0.4, 0.5) is 11.6 Å². The highest BCUT2D eigenvalue weighted by Crippen LogP contribution is 2.28. The minimum atomic E-state index is 0.275. The van der Waals surface area contributed by atoms with Gasteiger partial charge in [-0.1, -0.05) is 19.3 Å². The minimum absolute atomic E-state index is 0.275. The third-order valence-corrected chi connectivity index (χ3v) is 6.25. The predicted molar refractivity (Wildman–Crippen MR) is 113 cm³/mol. The zero-order chi connectivity index (χ0) is 20.1. The highest BCUT2D eigenvalue weighted by molar-refractivity contribution is 5.78. The second-order valence-corrected chi connectivity index (χ2v) is 8.58. The molecule has 1 aliphatic heterocycles. The van der Waals surface area contributed by atoms with Crippen LogP contribution in [-0.4, -0.2) is 44.1 Å². The van der Waals surface area contributed by atoms with Crippen molar-refractivity contribution < 1.29 is 4.79 Å². The molecule has 7 nitrogen and oxygen atoms in total. The van der Waals surface area contributed by atoms with Gasteiger partial charge in [-0.2, -0.15) is 5.10 Å². The number of amides is 1. The summed E-state index contributed by atoms with van der Waals surface area (Å²) in [5, 5.41) is 10.3. The molecule has 1 amide bonds. The minimum Gasteiger partial charge on any atom is -0.342 e. The molecule has 2 N–H and O–H groups in total. The number of H-pyrrole nitrogens is 1. The molecular formula is C22H32N6O. The highest BCUT2D eigenvalue weighted by Gasteiger charge is 2.28. The predicted octanol–water partition coefficient (Wildman–Crippen LogP) is 4.00. The van der Waals surface area contributed by atoms with E-state index in [9.17, 15) is 4.79 Å². The van der Waals surface area contributed by atoms with Crippen LogP contribution in [0.3, 0.4) is 0 Å². The Hall–Kier alpha value is -2.44. The van der Waals surface area contributed by atoms with Crippen molar-refractivity contribution >= 4 is 17.5 Å². The van der Waals surface area contributed by atoms with Gasteiger partial charge in [0.1, 0.15) is 11.6 Å². The summed E-state index contributed by atoms with van der Waals surface area (Å²) in [5.41, 5.74) is 1.01. The Bertz CT molecular complexity index is 813. The Morgan fingerprint density at radius 2 is 2.00 bits per heavy atom. The average Bonchev–Trinajstić information content (AvgIpc) is 3.00. The molecule has 2 aliphatic rings. The number of rotatable bonds is 5. The molecule has 0 radical (unpaired) electrons. The molecule has 4 rings (SSSR count). The van der Waals surface area contributed by atoms with E-state index in [-0.39, 0.29) is 5.92 Å². The van der Waals surface area contributed by atoms with Gasteiger partial charge < -0.3 is 10.2 Å². The first-order valence-corrected chi connectivity index (χ1v) is 11.1. The molecule has 156 valence electrons. The summed E-state index contributed by atoms with van der Waals surface area (Å²) in [6.07, 6.45) is 11.8. The molecule has 0 spiro atoms. The van der Waals surface area contributed by atoms with Gasteiger partial charge in [-0.05, 0) is 51.0 Å². The molecule has 1 atom stereocenters. The van der Waals surface area contributed by atoms with Gasteiger partial charge in [0.05, 0.1) is 0 Å². The lowest BCUT2D eigenvalue weighted by molar-refractivity contribution is -0.136. The second kappa shape index (κ2) is 9.37.